The molecule has 9 rings (SSSR count). The van der Waals surface area contributed by atoms with E-state index in [1.54, 1.807) is 0 Å². The molecule has 0 unspecified atom stereocenters. The van der Waals surface area contributed by atoms with Crippen LogP contribution in [0.15, 0.2) is 194 Å². The van der Waals surface area contributed by atoms with Crippen molar-refractivity contribution in [3.8, 4) is 78.0 Å². The Bertz CT molecular complexity index is 2760. The number of allylic oxidation sites excluding steroid dienone is 2. The zero-order valence-corrected chi connectivity index (χ0v) is 38.3. The summed E-state index contributed by atoms with van der Waals surface area (Å²) in [6.07, 6.45) is 3.24. The van der Waals surface area contributed by atoms with E-state index in [0.717, 1.165) is 22.4 Å². The molecule has 1 N–H and O–H groups in total. The topological polar surface area (TPSA) is 50.2 Å². The summed E-state index contributed by atoms with van der Waals surface area (Å²) in [6, 6.07) is 67.2. The molecule has 1 aromatic heterocycles. The van der Waals surface area contributed by atoms with Crippen LogP contribution < -0.4 is 0 Å². The largest absolute Gasteiger partial charge is 0.512 e. The fourth-order valence-electron chi connectivity index (χ4n) is 8.58. The second kappa shape index (κ2) is 18.3. The summed E-state index contributed by atoms with van der Waals surface area (Å²) >= 11 is 0. The van der Waals surface area contributed by atoms with Gasteiger partial charge in [0.15, 0.2) is 5.78 Å². The van der Waals surface area contributed by atoms with Crippen LogP contribution in [0, 0.1) is 6.07 Å². The Morgan fingerprint density at radius 1 is 0.516 bits per heavy atom. The van der Waals surface area contributed by atoms with Gasteiger partial charge in [0.05, 0.1) is 5.76 Å². The summed E-state index contributed by atoms with van der Waals surface area (Å²) in [7, 11) is 0. The second-order valence-electron chi connectivity index (χ2n) is 17.0. The molecule has 0 spiro atoms. The fraction of sp³-hybridized carbons (Fsp3) is 0.138. The maximum atomic E-state index is 10.0. The summed E-state index contributed by atoms with van der Waals surface area (Å²) in [4.78, 5) is 15.4. The van der Waals surface area contributed by atoms with Gasteiger partial charge in [0.2, 0.25) is 0 Å². The van der Waals surface area contributed by atoms with Crippen LogP contribution in [0.2, 0.25) is 0 Å². The first-order valence-electron chi connectivity index (χ1n) is 20.9. The predicted octanol–water partition coefficient (Wildman–Crippen LogP) is 15.2. The van der Waals surface area contributed by atoms with Gasteiger partial charge in [0.25, 0.3) is 0 Å². The van der Waals surface area contributed by atoms with Crippen molar-refractivity contribution in [2.45, 2.75) is 52.4 Å². The van der Waals surface area contributed by atoms with E-state index in [9.17, 15) is 4.79 Å². The van der Waals surface area contributed by atoms with E-state index in [0.29, 0.717) is 0 Å². The Morgan fingerprint density at radius 3 is 1.27 bits per heavy atom. The quantitative estimate of drug-likeness (QED) is 0.0983. The van der Waals surface area contributed by atoms with Gasteiger partial charge >= 0.3 is 0 Å². The third-order valence-corrected chi connectivity index (χ3v) is 12.3. The SMILES string of the molecule is CC(=O)/C=C(/C)O.CC1(C)c2cc(-c3cc(-c4ccccc4)cc(-c4ccccc4)c3)cnc2-c2[c-]ccc(-c3cc(-c4ccccc4)cc(-c4ccccc4)c3)c2C1(C)C.[Pt]. The van der Waals surface area contributed by atoms with Gasteiger partial charge in [-0.05, 0) is 128 Å². The van der Waals surface area contributed by atoms with Gasteiger partial charge in [-0.15, -0.1) is 29.3 Å². The molecule has 1 aliphatic rings. The zero-order chi connectivity index (χ0) is 42.7. The average molecular weight is 988 g/mol. The van der Waals surface area contributed by atoms with Crippen molar-refractivity contribution in [2.75, 3.05) is 0 Å². The van der Waals surface area contributed by atoms with Crippen LogP contribution in [0.25, 0.3) is 78.0 Å². The average Bonchev–Trinajstić information content (AvgIpc) is 3.28. The van der Waals surface area contributed by atoms with Crippen LogP contribution in [-0.2, 0) is 36.7 Å². The van der Waals surface area contributed by atoms with Crippen molar-refractivity contribution in [1.82, 2.24) is 4.98 Å². The predicted molar refractivity (Wildman–Crippen MR) is 254 cm³/mol. The molecule has 4 heteroatoms. The number of fused-ring (bicyclic) bond motifs is 3. The van der Waals surface area contributed by atoms with E-state index in [2.05, 4.69) is 216 Å². The van der Waals surface area contributed by atoms with Crippen LogP contribution >= 0.6 is 0 Å². The summed E-state index contributed by atoms with van der Waals surface area (Å²) in [6.45, 7) is 12.4. The summed E-state index contributed by atoms with van der Waals surface area (Å²) in [5, 5.41) is 8.36. The van der Waals surface area contributed by atoms with E-state index >= 15 is 0 Å². The maximum absolute atomic E-state index is 10.0. The van der Waals surface area contributed by atoms with Crippen LogP contribution in [0.4, 0.5) is 0 Å². The van der Waals surface area contributed by atoms with Crippen LogP contribution in [0.1, 0.15) is 52.7 Å². The van der Waals surface area contributed by atoms with E-state index in [-0.39, 0.29) is 43.4 Å². The van der Waals surface area contributed by atoms with Gasteiger partial charge in [-0.3, -0.25) is 4.79 Å². The molecule has 310 valence electrons. The van der Waals surface area contributed by atoms with Gasteiger partial charge in [-0.25, -0.2) is 0 Å². The molecule has 3 nitrogen and oxygen atoms in total. The molecule has 0 atom stereocenters. The van der Waals surface area contributed by atoms with Gasteiger partial charge in [0.1, 0.15) is 0 Å². The number of rotatable bonds is 7. The van der Waals surface area contributed by atoms with Crippen molar-refractivity contribution in [1.29, 1.82) is 0 Å². The summed E-state index contributed by atoms with van der Waals surface area (Å²) in [5.74, 6) is -0.0625. The van der Waals surface area contributed by atoms with Crippen molar-refractivity contribution in [3.63, 3.8) is 0 Å². The minimum Gasteiger partial charge on any atom is -0.512 e. The molecule has 1 aliphatic carbocycles. The number of carbonyl (C=O) groups is 1. The smallest absolute Gasteiger partial charge is 0.155 e. The molecule has 0 aliphatic heterocycles. The van der Waals surface area contributed by atoms with E-state index in [1.165, 1.54) is 86.7 Å². The van der Waals surface area contributed by atoms with Gasteiger partial charge < -0.3 is 10.1 Å². The molecule has 8 aromatic rings. The minimum atomic E-state index is -0.251. The Hall–Kier alpha value is -6.41. The second-order valence-corrected chi connectivity index (χ2v) is 17.0. The normalized spacial score (nSPS) is 13.4. The number of aromatic nitrogens is 1. The number of pyridine rings is 1. The molecular weight excluding hydrogens is 938 g/mol. The number of carbonyl (C=O) groups excluding carboxylic acids is 1. The van der Waals surface area contributed by atoms with E-state index in [1.807, 2.05) is 0 Å². The van der Waals surface area contributed by atoms with Gasteiger partial charge in [0, 0.05) is 33.3 Å². The van der Waals surface area contributed by atoms with Crippen molar-refractivity contribution >= 4 is 5.78 Å². The van der Waals surface area contributed by atoms with E-state index < -0.39 is 0 Å². The molecule has 62 heavy (non-hydrogen) atoms. The Labute approximate surface area is 381 Å². The molecule has 0 bridgehead atoms. The summed E-state index contributed by atoms with van der Waals surface area (Å²) < 4.78 is 0. The Balaban J connectivity index is 0.000000668. The first-order valence-corrected chi connectivity index (χ1v) is 20.9. The fourth-order valence-corrected chi connectivity index (χ4v) is 8.58. The number of ketones is 1. The molecule has 0 amide bonds. The number of hydrogen-bond donors (Lipinski definition) is 1. The molecule has 0 saturated carbocycles. The van der Waals surface area contributed by atoms with Crippen molar-refractivity contribution in [3.05, 3.63) is 211 Å². The molecule has 0 fully saturated rings. The molecule has 1 heterocycles. The number of benzene rings is 7. The van der Waals surface area contributed by atoms with E-state index in [4.69, 9.17) is 10.1 Å². The third-order valence-electron chi connectivity index (χ3n) is 12.3. The molecule has 7 aromatic carbocycles. The number of hydrogen-bond acceptors (Lipinski definition) is 3. The van der Waals surface area contributed by atoms with Crippen molar-refractivity contribution < 1.29 is 31.0 Å². The standard InChI is InChI=1S/C53H42N.C5H8O2.Pt/c1-52(2)49-34-46(44-30-40(36-18-9-5-10-19-36)28-41(31-44)37-20-11-6-12-21-37)35-54-51(49)48-27-17-26-47(50(48)53(52,3)4)45-32-42(38-22-13-7-14-23-38)29-43(33-45)39-24-15-8-16-25-39;1-4(6)3-5(2)7;/h5-26,28-35H,1-4H3;3,6H,1-2H3;/q-1;;/b;4-3-;. The summed E-state index contributed by atoms with van der Waals surface area (Å²) in [5.41, 5.74) is 18.5. The maximum Gasteiger partial charge on any atom is 0.155 e. The van der Waals surface area contributed by atoms with Crippen molar-refractivity contribution in [2.24, 2.45) is 0 Å². The van der Waals surface area contributed by atoms with Gasteiger partial charge in [-0.1, -0.05) is 166 Å². The van der Waals surface area contributed by atoms with Crippen LogP contribution in [0.3, 0.4) is 0 Å². The minimum absolute atomic E-state index is 0. The monoisotopic (exact) mass is 987 g/mol. The Kier molecular flexibility index (Phi) is 12.9. The first kappa shape index (κ1) is 43.7. The first-order chi connectivity index (χ1) is 29.4. The third kappa shape index (κ3) is 8.83. The van der Waals surface area contributed by atoms with Gasteiger partial charge in [-0.2, -0.15) is 0 Å². The van der Waals surface area contributed by atoms with Crippen LogP contribution in [-0.4, -0.2) is 15.9 Å². The number of nitrogens with zero attached hydrogens (tertiary/aromatic N) is 1. The molecule has 0 radical (unpaired) electrons. The molecule has 0 saturated heterocycles. The molecular formula is C58H50NO2Pt-. The zero-order valence-electron chi connectivity index (χ0n) is 36.0. The Morgan fingerprint density at radius 2 is 0.903 bits per heavy atom. The number of aliphatic hydroxyl groups excluding tert-OH is 1. The number of aliphatic hydroxyl groups is 1. The van der Waals surface area contributed by atoms with Crippen LogP contribution in [0.5, 0.6) is 0 Å².